The Hall–Kier alpha value is -2.42. The molecule has 28 heavy (non-hydrogen) atoms. The molecule has 3 rings (SSSR count). The maximum Gasteiger partial charge on any atom is 0.243 e. The van der Waals surface area contributed by atoms with Gasteiger partial charge in [-0.1, -0.05) is 28.9 Å². The van der Waals surface area contributed by atoms with Gasteiger partial charge in [-0.05, 0) is 24.6 Å². The van der Waals surface area contributed by atoms with E-state index in [-0.39, 0.29) is 31.9 Å². The zero-order chi connectivity index (χ0) is 20.3. The Morgan fingerprint density at radius 3 is 2.71 bits per heavy atom. The molecular weight excluding hydrogens is 386 g/mol. The highest BCUT2D eigenvalue weighted by molar-refractivity contribution is 6.30. The third-order valence-electron chi connectivity index (χ3n) is 4.68. The number of hydrogen-bond donors (Lipinski definition) is 3. The van der Waals surface area contributed by atoms with Gasteiger partial charge in [0.2, 0.25) is 11.8 Å². The topological polar surface area (TPSA) is 116 Å². The van der Waals surface area contributed by atoms with Crippen molar-refractivity contribution in [2.24, 2.45) is 0 Å². The predicted octanol–water partition coefficient (Wildman–Crippen LogP) is 0.991. The Morgan fingerprint density at radius 1 is 1.39 bits per heavy atom. The number of aliphatic hydroxyl groups excluding tert-OH is 2. The van der Waals surface area contributed by atoms with E-state index in [9.17, 15) is 19.8 Å². The lowest BCUT2D eigenvalue weighted by Gasteiger charge is -2.25. The third kappa shape index (κ3) is 4.70. The van der Waals surface area contributed by atoms with E-state index in [0.29, 0.717) is 22.0 Å². The number of rotatable bonds is 6. The van der Waals surface area contributed by atoms with Crippen molar-refractivity contribution in [3.63, 3.8) is 0 Å². The Bertz CT molecular complexity index is 838. The van der Waals surface area contributed by atoms with Crippen LogP contribution in [-0.4, -0.2) is 57.4 Å². The molecule has 1 saturated heterocycles. The number of halogens is 1. The largest absolute Gasteiger partial charge is 0.394 e. The van der Waals surface area contributed by atoms with Gasteiger partial charge in [0, 0.05) is 24.1 Å². The first-order valence-electron chi connectivity index (χ1n) is 8.93. The van der Waals surface area contributed by atoms with Gasteiger partial charge in [0.05, 0.1) is 30.9 Å². The van der Waals surface area contributed by atoms with Gasteiger partial charge in [0.25, 0.3) is 0 Å². The smallest absolute Gasteiger partial charge is 0.243 e. The van der Waals surface area contributed by atoms with Gasteiger partial charge in [-0.2, -0.15) is 0 Å². The van der Waals surface area contributed by atoms with Crippen LogP contribution in [0.4, 0.5) is 0 Å². The highest BCUT2D eigenvalue weighted by atomic mass is 35.5. The molecular formula is C19H22ClN3O5. The molecule has 0 spiro atoms. The number of nitrogens with one attached hydrogen (secondary N) is 1. The van der Waals surface area contributed by atoms with Crippen LogP contribution in [0.25, 0.3) is 0 Å². The number of hydrogen-bond acceptors (Lipinski definition) is 6. The second kappa shape index (κ2) is 8.72. The van der Waals surface area contributed by atoms with Crippen LogP contribution in [-0.2, 0) is 16.0 Å². The van der Waals surface area contributed by atoms with Crippen LogP contribution in [0.1, 0.15) is 29.5 Å². The second-order valence-electron chi connectivity index (χ2n) is 6.86. The molecule has 1 aliphatic heterocycles. The summed E-state index contributed by atoms with van der Waals surface area (Å²) < 4.78 is 5.06. The van der Waals surface area contributed by atoms with Gasteiger partial charge in [-0.3, -0.25) is 9.59 Å². The van der Waals surface area contributed by atoms with Crippen LogP contribution in [0.3, 0.4) is 0 Å². The Balaban J connectivity index is 1.69. The average molecular weight is 408 g/mol. The summed E-state index contributed by atoms with van der Waals surface area (Å²) in [5.41, 5.74) is 1.35. The molecule has 2 heterocycles. The highest BCUT2D eigenvalue weighted by Crippen LogP contribution is 2.22. The normalized spacial score (nSPS) is 20.2. The molecule has 1 aromatic heterocycles. The maximum absolute atomic E-state index is 12.8. The molecule has 0 aliphatic carbocycles. The summed E-state index contributed by atoms with van der Waals surface area (Å²) in [5.74, 6) is -0.370. The highest BCUT2D eigenvalue weighted by Gasteiger charge is 2.39. The fourth-order valence-corrected chi connectivity index (χ4v) is 3.41. The molecule has 0 saturated carbocycles. The van der Waals surface area contributed by atoms with E-state index in [4.69, 9.17) is 16.1 Å². The lowest BCUT2D eigenvalue weighted by atomic mass is 10.1. The molecule has 0 bridgehead atoms. The Labute approximate surface area is 167 Å². The summed E-state index contributed by atoms with van der Waals surface area (Å²) in [6, 6.07) is 6.94. The molecule has 9 heteroatoms. The fraction of sp³-hybridized carbons (Fsp3) is 0.421. The first kappa shape index (κ1) is 20.3. The van der Waals surface area contributed by atoms with Gasteiger partial charge in [0.15, 0.2) is 0 Å². The number of amides is 2. The summed E-state index contributed by atoms with van der Waals surface area (Å²) in [7, 11) is 0. The summed E-state index contributed by atoms with van der Waals surface area (Å²) in [6.07, 6.45) is -0.705. The zero-order valence-corrected chi connectivity index (χ0v) is 16.1. The van der Waals surface area contributed by atoms with Crippen molar-refractivity contribution in [1.29, 1.82) is 0 Å². The maximum atomic E-state index is 12.8. The van der Waals surface area contributed by atoms with Crippen molar-refractivity contribution >= 4 is 23.4 Å². The summed E-state index contributed by atoms with van der Waals surface area (Å²) in [4.78, 5) is 26.8. The van der Waals surface area contributed by atoms with E-state index in [1.165, 1.54) is 4.90 Å². The first-order chi connectivity index (χ1) is 13.4. The molecule has 1 aromatic carbocycles. The molecule has 8 nitrogen and oxygen atoms in total. The van der Waals surface area contributed by atoms with Crippen molar-refractivity contribution in [3.8, 4) is 0 Å². The van der Waals surface area contributed by atoms with E-state index in [2.05, 4.69) is 10.5 Å². The van der Waals surface area contributed by atoms with Crippen molar-refractivity contribution in [2.45, 2.75) is 38.0 Å². The van der Waals surface area contributed by atoms with Crippen molar-refractivity contribution in [2.75, 3.05) is 13.2 Å². The molecule has 3 N–H and O–H groups in total. The van der Waals surface area contributed by atoms with Crippen molar-refractivity contribution < 1.29 is 24.3 Å². The Kier molecular flexibility index (Phi) is 6.33. The zero-order valence-electron chi connectivity index (χ0n) is 15.3. The van der Waals surface area contributed by atoms with Gasteiger partial charge >= 0.3 is 0 Å². The molecule has 3 atom stereocenters. The van der Waals surface area contributed by atoms with E-state index >= 15 is 0 Å². The van der Waals surface area contributed by atoms with Crippen molar-refractivity contribution in [1.82, 2.24) is 15.4 Å². The van der Waals surface area contributed by atoms with Gasteiger partial charge in [-0.25, -0.2) is 0 Å². The molecule has 0 unspecified atom stereocenters. The Morgan fingerprint density at radius 2 is 2.11 bits per heavy atom. The molecule has 0 radical (unpaired) electrons. The first-order valence-corrected chi connectivity index (χ1v) is 9.31. The number of aromatic nitrogens is 1. The number of nitrogens with zero attached hydrogens (tertiary/aromatic N) is 2. The monoisotopic (exact) mass is 407 g/mol. The fourth-order valence-electron chi connectivity index (χ4n) is 3.29. The lowest BCUT2D eigenvalue weighted by Crippen LogP contribution is -2.47. The minimum atomic E-state index is -0.826. The minimum absolute atomic E-state index is 0.0437. The number of aryl methyl sites for hydroxylation is 1. The average Bonchev–Trinajstić information content (AvgIpc) is 3.25. The van der Waals surface area contributed by atoms with Crippen LogP contribution in [0, 0.1) is 6.92 Å². The summed E-state index contributed by atoms with van der Waals surface area (Å²) >= 11 is 5.87. The van der Waals surface area contributed by atoms with E-state index in [0.717, 1.165) is 0 Å². The van der Waals surface area contributed by atoms with Crippen LogP contribution >= 0.6 is 11.6 Å². The molecule has 150 valence electrons. The minimum Gasteiger partial charge on any atom is -0.394 e. The van der Waals surface area contributed by atoms with Crippen LogP contribution in [0.5, 0.6) is 0 Å². The summed E-state index contributed by atoms with van der Waals surface area (Å²) in [5, 5.41) is 26.7. The summed E-state index contributed by atoms with van der Waals surface area (Å²) in [6.45, 7) is 1.50. The number of carbonyl (C=O) groups excluding carboxylic acids is 2. The lowest BCUT2D eigenvalue weighted by molar-refractivity contribution is -0.138. The number of carbonyl (C=O) groups is 2. The number of β-amino-alcohol motifs (C(OH)–C–C–N with tert-alkyl or cyclic N) is 1. The SMILES string of the molecule is Cc1cc(CC(=O)N2C[C@H](O)C[C@H]2C(=O)N[C@H](CO)c2ccc(Cl)cc2)on1. The molecule has 2 aromatic rings. The van der Waals surface area contributed by atoms with Gasteiger partial charge in [-0.15, -0.1) is 0 Å². The van der Waals surface area contributed by atoms with E-state index in [1.54, 1.807) is 37.3 Å². The van der Waals surface area contributed by atoms with Crippen LogP contribution < -0.4 is 5.32 Å². The quantitative estimate of drug-likeness (QED) is 0.657. The van der Waals surface area contributed by atoms with Crippen molar-refractivity contribution in [3.05, 3.63) is 52.4 Å². The van der Waals surface area contributed by atoms with Crippen LogP contribution in [0.2, 0.25) is 5.02 Å². The standard InChI is InChI=1S/C19H22ClN3O5/c1-11-6-15(28-22-11)8-18(26)23-9-14(25)7-17(23)19(27)21-16(10-24)12-2-4-13(20)5-3-12/h2-6,14,16-17,24-25H,7-10H2,1H3,(H,21,27)/t14-,16-,17+/m1/s1. The molecule has 1 aliphatic rings. The van der Waals surface area contributed by atoms with Gasteiger partial charge < -0.3 is 25.0 Å². The third-order valence-corrected chi connectivity index (χ3v) is 4.93. The number of likely N-dealkylation sites (tertiary alicyclic amines) is 1. The van der Waals surface area contributed by atoms with Gasteiger partial charge in [0.1, 0.15) is 11.8 Å². The molecule has 2 amide bonds. The van der Waals surface area contributed by atoms with Crippen LogP contribution in [0.15, 0.2) is 34.9 Å². The molecule has 1 fully saturated rings. The second-order valence-corrected chi connectivity index (χ2v) is 7.29. The predicted molar refractivity (Wildman–Crippen MR) is 100 cm³/mol. The van der Waals surface area contributed by atoms with E-state index < -0.39 is 24.1 Å². The number of benzene rings is 1. The number of aliphatic hydroxyl groups is 2. The van der Waals surface area contributed by atoms with E-state index in [1.807, 2.05) is 0 Å².